The lowest BCUT2D eigenvalue weighted by Gasteiger charge is -2.25. The van der Waals surface area contributed by atoms with Crippen LogP contribution in [0.2, 0.25) is 0 Å². The van der Waals surface area contributed by atoms with Crippen molar-refractivity contribution in [3.63, 3.8) is 0 Å². The number of halogens is 1. The van der Waals surface area contributed by atoms with E-state index in [0.717, 1.165) is 42.8 Å². The Morgan fingerprint density at radius 3 is 2.77 bits per heavy atom. The Hall–Kier alpha value is -2.86. The van der Waals surface area contributed by atoms with Gasteiger partial charge in [0.25, 0.3) is 0 Å². The number of aromatic nitrogens is 3. The summed E-state index contributed by atoms with van der Waals surface area (Å²) in [6, 6.07) is 10.6. The Morgan fingerprint density at radius 2 is 2.00 bits per heavy atom. The third kappa shape index (κ3) is 3.41. The topological polar surface area (TPSA) is 67.9 Å². The normalized spacial score (nSPS) is 17.5. The lowest BCUT2D eigenvalue weighted by molar-refractivity contribution is 0.244. The molecule has 5 nitrogen and oxygen atoms in total. The van der Waals surface area contributed by atoms with Crippen LogP contribution in [0.1, 0.15) is 30.1 Å². The first kappa shape index (κ1) is 16.6. The molecule has 1 aliphatic heterocycles. The average molecular weight is 349 g/mol. The van der Waals surface area contributed by atoms with Crippen LogP contribution in [0.15, 0.2) is 55.0 Å². The number of nitrogen functional groups attached to an aromatic ring is 1. The highest BCUT2D eigenvalue weighted by Crippen LogP contribution is 2.37. The van der Waals surface area contributed by atoms with Crippen molar-refractivity contribution in [1.82, 2.24) is 19.9 Å². The summed E-state index contributed by atoms with van der Waals surface area (Å²) in [5.41, 5.74) is 9.77. The van der Waals surface area contributed by atoms with E-state index in [1.165, 1.54) is 17.7 Å². The molecule has 1 fully saturated rings. The lowest BCUT2D eigenvalue weighted by atomic mass is 9.99. The molecule has 3 heterocycles. The molecule has 1 aliphatic rings. The second-order valence-corrected chi connectivity index (χ2v) is 6.52. The number of rotatable bonds is 4. The minimum Gasteiger partial charge on any atom is -0.368 e. The summed E-state index contributed by atoms with van der Waals surface area (Å²) in [5.74, 6) is 0.00447. The average Bonchev–Trinajstić information content (AvgIpc) is 3.11. The van der Waals surface area contributed by atoms with Gasteiger partial charge < -0.3 is 5.73 Å². The zero-order valence-corrected chi connectivity index (χ0v) is 14.3. The highest BCUT2D eigenvalue weighted by molar-refractivity contribution is 5.66. The molecule has 0 spiro atoms. The first-order valence-electron chi connectivity index (χ1n) is 8.72. The quantitative estimate of drug-likeness (QED) is 0.779. The van der Waals surface area contributed by atoms with Crippen molar-refractivity contribution < 1.29 is 4.39 Å². The van der Waals surface area contributed by atoms with Crippen LogP contribution in [-0.2, 0) is 6.54 Å². The molecular formula is C20H20FN5. The number of hydrogen-bond donors (Lipinski definition) is 1. The predicted molar refractivity (Wildman–Crippen MR) is 98.5 cm³/mol. The Labute approximate surface area is 151 Å². The van der Waals surface area contributed by atoms with Gasteiger partial charge in [0.1, 0.15) is 5.82 Å². The van der Waals surface area contributed by atoms with Gasteiger partial charge in [0, 0.05) is 30.7 Å². The van der Waals surface area contributed by atoms with Crippen molar-refractivity contribution in [2.75, 3.05) is 12.3 Å². The van der Waals surface area contributed by atoms with Gasteiger partial charge in [0.15, 0.2) is 0 Å². The molecule has 0 unspecified atom stereocenters. The number of hydrogen-bond acceptors (Lipinski definition) is 5. The predicted octanol–water partition coefficient (Wildman–Crippen LogP) is 3.60. The molecule has 2 N–H and O–H groups in total. The summed E-state index contributed by atoms with van der Waals surface area (Å²) in [6.45, 7) is 1.80. The first-order valence-corrected chi connectivity index (χ1v) is 8.72. The minimum absolute atomic E-state index is 0.153. The SMILES string of the molecule is Nc1ncc(-c2ccc(F)cc2)c([C@@H]2CCCN2Cc2cccnc2)n1. The third-order valence-electron chi connectivity index (χ3n) is 4.78. The number of likely N-dealkylation sites (tertiary alicyclic amines) is 1. The molecule has 0 radical (unpaired) electrons. The summed E-state index contributed by atoms with van der Waals surface area (Å²) in [7, 11) is 0. The Balaban J connectivity index is 1.69. The number of pyridine rings is 1. The fourth-order valence-corrected chi connectivity index (χ4v) is 3.57. The van der Waals surface area contributed by atoms with Gasteiger partial charge in [-0.25, -0.2) is 14.4 Å². The summed E-state index contributed by atoms with van der Waals surface area (Å²) >= 11 is 0. The maximum Gasteiger partial charge on any atom is 0.220 e. The van der Waals surface area contributed by atoms with Crippen molar-refractivity contribution in [3.05, 3.63) is 72.1 Å². The zero-order chi connectivity index (χ0) is 17.9. The molecule has 2 aromatic heterocycles. The van der Waals surface area contributed by atoms with Crippen molar-refractivity contribution in [2.24, 2.45) is 0 Å². The van der Waals surface area contributed by atoms with Crippen LogP contribution in [0.5, 0.6) is 0 Å². The van der Waals surface area contributed by atoms with Gasteiger partial charge in [-0.3, -0.25) is 9.88 Å². The Morgan fingerprint density at radius 1 is 1.15 bits per heavy atom. The second-order valence-electron chi connectivity index (χ2n) is 6.52. The number of anilines is 1. The fourth-order valence-electron chi connectivity index (χ4n) is 3.57. The molecule has 1 saturated heterocycles. The van der Waals surface area contributed by atoms with Gasteiger partial charge in [-0.1, -0.05) is 18.2 Å². The minimum atomic E-state index is -0.259. The molecule has 1 atom stereocenters. The van der Waals surface area contributed by atoms with Gasteiger partial charge in [-0.2, -0.15) is 0 Å². The van der Waals surface area contributed by atoms with Crippen LogP contribution in [0.4, 0.5) is 10.3 Å². The zero-order valence-electron chi connectivity index (χ0n) is 14.3. The maximum absolute atomic E-state index is 13.3. The second kappa shape index (κ2) is 7.17. The Kier molecular flexibility index (Phi) is 4.58. The smallest absolute Gasteiger partial charge is 0.220 e. The van der Waals surface area contributed by atoms with Crippen LogP contribution in [-0.4, -0.2) is 26.4 Å². The summed E-state index contributed by atoms with van der Waals surface area (Å²) in [5, 5.41) is 0. The molecule has 26 heavy (non-hydrogen) atoms. The maximum atomic E-state index is 13.3. The van der Waals surface area contributed by atoms with Crippen LogP contribution in [0.3, 0.4) is 0 Å². The molecule has 0 aliphatic carbocycles. The van der Waals surface area contributed by atoms with Crippen LogP contribution in [0, 0.1) is 5.82 Å². The number of benzene rings is 1. The van der Waals surface area contributed by atoms with Gasteiger partial charge >= 0.3 is 0 Å². The molecule has 0 saturated carbocycles. The van der Waals surface area contributed by atoms with E-state index in [4.69, 9.17) is 5.73 Å². The highest BCUT2D eigenvalue weighted by Gasteiger charge is 2.29. The van der Waals surface area contributed by atoms with E-state index in [1.807, 2.05) is 12.3 Å². The van der Waals surface area contributed by atoms with Crippen LogP contribution in [0.25, 0.3) is 11.1 Å². The third-order valence-corrected chi connectivity index (χ3v) is 4.78. The largest absolute Gasteiger partial charge is 0.368 e. The van der Waals surface area contributed by atoms with E-state index in [1.54, 1.807) is 24.5 Å². The van der Waals surface area contributed by atoms with Crippen molar-refractivity contribution >= 4 is 5.95 Å². The van der Waals surface area contributed by atoms with E-state index in [0.29, 0.717) is 0 Å². The van der Waals surface area contributed by atoms with Gasteiger partial charge in [0.2, 0.25) is 5.95 Å². The molecule has 132 valence electrons. The molecule has 6 heteroatoms. The molecule has 1 aromatic carbocycles. The fraction of sp³-hybridized carbons (Fsp3) is 0.250. The monoisotopic (exact) mass is 349 g/mol. The van der Waals surface area contributed by atoms with Crippen LogP contribution < -0.4 is 5.73 Å². The standard InChI is InChI=1S/C20H20FN5/c21-16-7-5-15(6-8-16)17-12-24-20(22)25-19(17)18-4-2-10-26(18)13-14-3-1-9-23-11-14/h1,3,5-9,11-12,18H,2,4,10,13H2,(H2,22,24,25)/t18-/m0/s1. The van der Waals surface area contributed by atoms with E-state index < -0.39 is 0 Å². The van der Waals surface area contributed by atoms with Crippen molar-refractivity contribution in [3.8, 4) is 11.1 Å². The summed E-state index contributed by atoms with van der Waals surface area (Å²) in [4.78, 5) is 15.3. The van der Waals surface area contributed by atoms with Crippen molar-refractivity contribution in [2.45, 2.75) is 25.4 Å². The number of nitrogens with two attached hydrogens (primary N) is 1. The van der Waals surface area contributed by atoms with E-state index in [2.05, 4.69) is 25.9 Å². The van der Waals surface area contributed by atoms with E-state index in [-0.39, 0.29) is 17.8 Å². The van der Waals surface area contributed by atoms with Crippen LogP contribution >= 0.6 is 0 Å². The molecule has 0 bridgehead atoms. The molecule has 4 rings (SSSR count). The molecule has 3 aromatic rings. The van der Waals surface area contributed by atoms with Crippen molar-refractivity contribution in [1.29, 1.82) is 0 Å². The van der Waals surface area contributed by atoms with E-state index in [9.17, 15) is 4.39 Å². The Bertz CT molecular complexity index is 882. The lowest BCUT2D eigenvalue weighted by Crippen LogP contribution is -2.24. The molecular weight excluding hydrogens is 329 g/mol. The van der Waals surface area contributed by atoms with Gasteiger partial charge in [-0.05, 0) is 48.7 Å². The summed E-state index contributed by atoms with van der Waals surface area (Å²) in [6.07, 6.45) is 7.52. The highest BCUT2D eigenvalue weighted by atomic mass is 19.1. The summed E-state index contributed by atoms with van der Waals surface area (Å²) < 4.78 is 13.3. The number of nitrogens with zero attached hydrogens (tertiary/aromatic N) is 4. The van der Waals surface area contributed by atoms with Gasteiger partial charge in [-0.15, -0.1) is 0 Å². The van der Waals surface area contributed by atoms with E-state index >= 15 is 0 Å². The molecule has 0 amide bonds. The first-order chi connectivity index (χ1) is 12.7. The van der Waals surface area contributed by atoms with Gasteiger partial charge in [0.05, 0.1) is 11.7 Å².